The van der Waals surface area contributed by atoms with E-state index < -0.39 is 0 Å². The minimum atomic E-state index is -0.261. The standard InChI is InChI=1S/C17H23N5O3/c1-10-8-14(24-20-10)18-16(23)11(2)22-7-3-4-13(9-22)15-19-17(25-21-15)12-5-6-12/h8,11-13H,3-7,9H2,1-2H3,(H,18,23)/t11-,13-/m0/s1. The van der Waals surface area contributed by atoms with Crippen molar-refractivity contribution in [2.24, 2.45) is 0 Å². The number of nitrogens with zero attached hydrogens (tertiary/aromatic N) is 4. The zero-order valence-electron chi connectivity index (χ0n) is 14.6. The minimum absolute atomic E-state index is 0.0939. The summed E-state index contributed by atoms with van der Waals surface area (Å²) in [6, 6.07) is 1.45. The van der Waals surface area contributed by atoms with E-state index in [0.717, 1.165) is 56.2 Å². The van der Waals surface area contributed by atoms with E-state index >= 15 is 0 Å². The van der Waals surface area contributed by atoms with E-state index in [0.29, 0.717) is 11.8 Å². The van der Waals surface area contributed by atoms with Crippen LogP contribution in [0.3, 0.4) is 0 Å². The Morgan fingerprint density at radius 2 is 2.12 bits per heavy atom. The predicted molar refractivity (Wildman–Crippen MR) is 89.2 cm³/mol. The van der Waals surface area contributed by atoms with E-state index in [1.807, 2.05) is 13.8 Å². The smallest absolute Gasteiger partial charge is 0.243 e. The minimum Gasteiger partial charge on any atom is -0.339 e. The SMILES string of the molecule is Cc1cc(NC(=O)[C@H](C)N2CCC[C@H](c3noc(C4CC4)n3)C2)on1. The first-order valence-electron chi connectivity index (χ1n) is 8.92. The Bertz CT molecular complexity index is 751. The van der Waals surface area contributed by atoms with E-state index in [2.05, 4.69) is 25.5 Å². The number of amides is 1. The highest BCUT2D eigenvalue weighted by molar-refractivity contribution is 5.93. The molecule has 4 rings (SSSR count). The number of hydrogen-bond donors (Lipinski definition) is 1. The number of anilines is 1. The van der Waals surface area contributed by atoms with Crippen LogP contribution in [0.4, 0.5) is 5.88 Å². The van der Waals surface area contributed by atoms with Gasteiger partial charge < -0.3 is 9.05 Å². The van der Waals surface area contributed by atoms with E-state index in [1.54, 1.807) is 6.07 Å². The van der Waals surface area contributed by atoms with Crippen molar-refractivity contribution in [3.63, 3.8) is 0 Å². The number of piperidine rings is 1. The molecule has 1 saturated heterocycles. The average Bonchev–Trinajstić information content (AvgIpc) is 3.21. The van der Waals surface area contributed by atoms with Gasteiger partial charge in [0, 0.05) is 24.4 Å². The van der Waals surface area contributed by atoms with Crippen molar-refractivity contribution in [1.82, 2.24) is 20.2 Å². The van der Waals surface area contributed by atoms with Crippen LogP contribution in [0.1, 0.15) is 61.9 Å². The molecule has 8 nitrogen and oxygen atoms in total. The molecule has 1 aliphatic heterocycles. The number of nitrogens with one attached hydrogen (secondary N) is 1. The molecule has 0 spiro atoms. The predicted octanol–water partition coefficient (Wildman–Crippen LogP) is 2.45. The summed E-state index contributed by atoms with van der Waals surface area (Å²) in [4.78, 5) is 19.2. The number of aromatic nitrogens is 3. The van der Waals surface area contributed by atoms with Gasteiger partial charge in [0.25, 0.3) is 0 Å². The zero-order chi connectivity index (χ0) is 17.4. The molecule has 2 atom stereocenters. The Labute approximate surface area is 145 Å². The molecule has 0 aromatic carbocycles. The molecule has 2 aliphatic rings. The first kappa shape index (κ1) is 16.3. The Kier molecular flexibility index (Phi) is 4.29. The summed E-state index contributed by atoms with van der Waals surface area (Å²) in [7, 11) is 0. The van der Waals surface area contributed by atoms with Gasteiger partial charge in [-0.1, -0.05) is 10.3 Å². The molecule has 25 heavy (non-hydrogen) atoms. The summed E-state index contributed by atoms with van der Waals surface area (Å²) in [6.45, 7) is 5.37. The van der Waals surface area contributed by atoms with Crippen molar-refractivity contribution < 1.29 is 13.8 Å². The lowest BCUT2D eigenvalue weighted by molar-refractivity contribution is -0.121. The highest BCUT2D eigenvalue weighted by atomic mass is 16.5. The lowest BCUT2D eigenvalue weighted by atomic mass is 9.96. The highest BCUT2D eigenvalue weighted by Gasteiger charge is 2.33. The molecule has 1 N–H and O–H groups in total. The number of aryl methyl sites for hydroxylation is 1. The van der Waals surface area contributed by atoms with Gasteiger partial charge in [-0.25, -0.2) is 0 Å². The van der Waals surface area contributed by atoms with Crippen LogP contribution in [0.2, 0.25) is 0 Å². The van der Waals surface area contributed by atoms with Gasteiger partial charge in [0.2, 0.25) is 17.7 Å². The van der Waals surface area contributed by atoms with E-state index in [9.17, 15) is 4.79 Å². The van der Waals surface area contributed by atoms with Crippen LogP contribution in [0.25, 0.3) is 0 Å². The Hall–Kier alpha value is -2.22. The lowest BCUT2D eigenvalue weighted by Gasteiger charge is -2.34. The fourth-order valence-corrected chi connectivity index (χ4v) is 3.29. The number of carbonyl (C=O) groups is 1. The van der Waals surface area contributed by atoms with Crippen molar-refractivity contribution in [2.75, 3.05) is 18.4 Å². The molecule has 3 heterocycles. The third kappa shape index (κ3) is 3.58. The van der Waals surface area contributed by atoms with Gasteiger partial charge in [-0.05, 0) is 46.1 Å². The van der Waals surface area contributed by atoms with Crippen LogP contribution < -0.4 is 5.32 Å². The monoisotopic (exact) mass is 345 g/mol. The second-order valence-electron chi connectivity index (χ2n) is 7.10. The molecule has 134 valence electrons. The Morgan fingerprint density at radius 1 is 1.28 bits per heavy atom. The van der Waals surface area contributed by atoms with E-state index in [-0.39, 0.29) is 17.9 Å². The summed E-state index contributed by atoms with van der Waals surface area (Å²) in [6.07, 6.45) is 4.33. The Balaban J connectivity index is 1.38. The second kappa shape index (κ2) is 6.59. The summed E-state index contributed by atoms with van der Waals surface area (Å²) >= 11 is 0. The van der Waals surface area contributed by atoms with Gasteiger partial charge in [0.1, 0.15) is 0 Å². The topological polar surface area (TPSA) is 97.3 Å². The molecule has 1 saturated carbocycles. The quantitative estimate of drug-likeness (QED) is 0.889. The van der Waals surface area contributed by atoms with Gasteiger partial charge in [-0.3, -0.25) is 15.0 Å². The first-order chi connectivity index (χ1) is 12.1. The zero-order valence-corrected chi connectivity index (χ0v) is 14.6. The normalized spacial score (nSPS) is 22.7. The van der Waals surface area contributed by atoms with Gasteiger partial charge >= 0.3 is 0 Å². The molecule has 0 radical (unpaired) electrons. The van der Waals surface area contributed by atoms with Gasteiger partial charge in [-0.15, -0.1) is 0 Å². The molecule has 0 bridgehead atoms. The molecule has 1 amide bonds. The molecule has 0 unspecified atom stereocenters. The fourth-order valence-electron chi connectivity index (χ4n) is 3.29. The third-order valence-electron chi connectivity index (χ3n) is 5.00. The van der Waals surface area contributed by atoms with Crippen LogP contribution >= 0.6 is 0 Å². The molecule has 8 heteroatoms. The summed E-state index contributed by atoms with van der Waals surface area (Å²) in [5, 5.41) is 10.7. The van der Waals surface area contributed by atoms with Gasteiger partial charge in [0.15, 0.2) is 5.82 Å². The van der Waals surface area contributed by atoms with Crippen LogP contribution in [-0.4, -0.2) is 45.2 Å². The van der Waals surface area contributed by atoms with Crippen LogP contribution in [-0.2, 0) is 4.79 Å². The number of rotatable bonds is 5. The second-order valence-corrected chi connectivity index (χ2v) is 7.10. The highest BCUT2D eigenvalue weighted by Crippen LogP contribution is 2.39. The van der Waals surface area contributed by atoms with E-state index in [1.165, 1.54) is 0 Å². The number of likely N-dealkylation sites (tertiary alicyclic amines) is 1. The van der Waals surface area contributed by atoms with Crippen LogP contribution in [0, 0.1) is 6.92 Å². The van der Waals surface area contributed by atoms with Crippen LogP contribution in [0.15, 0.2) is 15.1 Å². The number of hydrogen-bond acceptors (Lipinski definition) is 7. The molecular weight excluding hydrogens is 322 g/mol. The molecule has 2 aromatic heterocycles. The van der Waals surface area contributed by atoms with Gasteiger partial charge in [0.05, 0.1) is 11.7 Å². The summed E-state index contributed by atoms with van der Waals surface area (Å²) in [5.74, 6) is 2.53. The molecule has 1 aliphatic carbocycles. The maximum Gasteiger partial charge on any atom is 0.243 e. The summed E-state index contributed by atoms with van der Waals surface area (Å²) in [5.41, 5.74) is 0.740. The van der Waals surface area contributed by atoms with Crippen molar-refractivity contribution in [2.45, 2.75) is 57.4 Å². The maximum atomic E-state index is 12.5. The fraction of sp³-hybridized carbons (Fsp3) is 0.647. The van der Waals surface area contributed by atoms with Crippen molar-refractivity contribution in [3.8, 4) is 0 Å². The molecule has 2 fully saturated rings. The number of carbonyl (C=O) groups excluding carboxylic acids is 1. The molecular formula is C17H23N5O3. The van der Waals surface area contributed by atoms with Crippen molar-refractivity contribution in [3.05, 3.63) is 23.5 Å². The third-order valence-corrected chi connectivity index (χ3v) is 5.00. The summed E-state index contributed by atoms with van der Waals surface area (Å²) < 4.78 is 10.4. The lowest BCUT2D eigenvalue weighted by Crippen LogP contribution is -2.46. The largest absolute Gasteiger partial charge is 0.339 e. The molecule has 2 aromatic rings. The Morgan fingerprint density at radius 3 is 2.84 bits per heavy atom. The van der Waals surface area contributed by atoms with Crippen molar-refractivity contribution >= 4 is 11.8 Å². The first-order valence-corrected chi connectivity index (χ1v) is 8.92. The van der Waals surface area contributed by atoms with Crippen LogP contribution in [0.5, 0.6) is 0 Å². The average molecular weight is 345 g/mol. The van der Waals surface area contributed by atoms with E-state index in [4.69, 9.17) is 9.05 Å². The van der Waals surface area contributed by atoms with Gasteiger partial charge in [-0.2, -0.15) is 4.98 Å². The van der Waals surface area contributed by atoms with Crippen molar-refractivity contribution in [1.29, 1.82) is 0 Å². The maximum absolute atomic E-state index is 12.5.